The Kier molecular flexibility index (Phi) is 3.56. The van der Waals surface area contributed by atoms with E-state index in [0.717, 1.165) is 25.4 Å². The summed E-state index contributed by atoms with van der Waals surface area (Å²) in [6.07, 6.45) is 3.00. The molecule has 1 aromatic rings. The van der Waals surface area contributed by atoms with Crippen molar-refractivity contribution >= 4 is 0 Å². The van der Waals surface area contributed by atoms with Gasteiger partial charge in [-0.25, -0.2) is 9.67 Å². The Morgan fingerprint density at radius 3 is 3.06 bits per heavy atom. The van der Waals surface area contributed by atoms with Gasteiger partial charge in [-0.1, -0.05) is 0 Å². The molecule has 1 N–H and O–H groups in total. The van der Waals surface area contributed by atoms with Gasteiger partial charge in [0.25, 0.3) is 0 Å². The predicted molar refractivity (Wildman–Crippen MR) is 61.1 cm³/mol. The van der Waals surface area contributed by atoms with Crippen LogP contribution >= 0.6 is 0 Å². The third-order valence-electron chi connectivity index (χ3n) is 3.03. The van der Waals surface area contributed by atoms with E-state index in [2.05, 4.69) is 36.2 Å². The lowest BCUT2D eigenvalue weighted by Gasteiger charge is -2.16. The fraction of sp³-hybridized carbons (Fsp3) is 0.818. The van der Waals surface area contributed by atoms with Crippen molar-refractivity contribution in [1.82, 2.24) is 20.1 Å². The molecule has 0 amide bonds. The number of hydrogen-bond acceptors (Lipinski definition) is 4. The molecule has 90 valence electrons. The number of rotatable bonds is 4. The molecule has 0 saturated carbocycles. The summed E-state index contributed by atoms with van der Waals surface area (Å²) in [5.74, 6) is 0.995. The molecule has 0 aliphatic carbocycles. The third-order valence-corrected chi connectivity index (χ3v) is 3.03. The topological polar surface area (TPSA) is 52.0 Å². The zero-order valence-electron chi connectivity index (χ0n) is 10.2. The Balaban J connectivity index is 1.91. The number of aromatic nitrogens is 3. The molecule has 2 heterocycles. The Morgan fingerprint density at radius 1 is 1.62 bits per heavy atom. The van der Waals surface area contributed by atoms with Crippen LogP contribution in [0.15, 0.2) is 6.33 Å². The van der Waals surface area contributed by atoms with Crippen LogP contribution < -0.4 is 5.32 Å². The zero-order chi connectivity index (χ0) is 11.5. The van der Waals surface area contributed by atoms with Gasteiger partial charge < -0.3 is 10.1 Å². The molecule has 5 nitrogen and oxygen atoms in total. The van der Waals surface area contributed by atoms with Crippen molar-refractivity contribution in [2.45, 2.75) is 51.9 Å². The minimum atomic E-state index is 0.301. The molecule has 2 atom stereocenters. The largest absolute Gasteiger partial charge is 0.377 e. The van der Waals surface area contributed by atoms with Gasteiger partial charge in [0.15, 0.2) is 0 Å². The van der Waals surface area contributed by atoms with Crippen LogP contribution in [-0.2, 0) is 11.3 Å². The van der Waals surface area contributed by atoms with Crippen molar-refractivity contribution in [2.24, 2.45) is 0 Å². The first-order valence-corrected chi connectivity index (χ1v) is 5.92. The molecule has 2 unspecified atom stereocenters. The Labute approximate surface area is 96.2 Å². The highest BCUT2D eigenvalue weighted by Gasteiger charge is 2.23. The van der Waals surface area contributed by atoms with Crippen LogP contribution in [0.4, 0.5) is 0 Å². The Bertz CT molecular complexity index is 336. The van der Waals surface area contributed by atoms with Gasteiger partial charge >= 0.3 is 0 Å². The first-order chi connectivity index (χ1) is 7.68. The van der Waals surface area contributed by atoms with Gasteiger partial charge in [-0.3, -0.25) is 0 Å². The van der Waals surface area contributed by atoms with Gasteiger partial charge in [-0.05, 0) is 27.2 Å². The second-order valence-corrected chi connectivity index (χ2v) is 4.57. The highest BCUT2D eigenvalue weighted by atomic mass is 16.5. The summed E-state index contributed by atoms with van der Waals surface area (Å²) in [6, 6.07) is 0.800. The van der Waals surface area contributed by atoms with Crippen LogP contribution in [-0.4, -0.2) is 33.5 Å². The molecule has 1 aliphatic rings. The smallest absolute Gasteiger partial charge is 0.141 e. The van der Waals surface area contributed by atoms with E-state index in [1.807, 2.05) is 4.68 Å². The predicted octanol–water partition coefficient (Wildman–Crippen LogP) is 1.13. The lowest BCUT2D eigenvalue weighted by Crippen LogP contribution is -2.35. The van der Waals surface area contributed by atoms with Crippen molar-refractivity contribution in [3.8, 4) is 0 Å². The van der Waals surface area contributed by atoms with E-state index in [4.69, 9.17) is 4.74 Å². The van der Waals surface area contributed by atoms with Crippen molar-refractivity contribution in [3.05, 3.63) is 12.2 Å². The van der Waals surface area contributed by atoms with Crippen molar-refractivity contribution in [1.29, 1.82) is 0 Å². The fourth-order valence-electron chi connectivity index (χ4n) is 2.05. The summed E-state index contributed by atoms with van der Waals surface area (Å²) >= 11 is 0. The maximum absolute atomic E-state index is 5.51. The molecule has 16 heavy (non-hydrogen) atoms. The highest BCUT2D eigenvalue weighted by molar-refractivity contribution is 4.88. The van der Waals surface area contributed by atoms with E-state index in [0.29, 0.717) is 18.2 Å². The van der Waals surface area contributed by atoms with Gasteiger partial charge in [0, 0.05) is 18.7 Å². The lowest BCUT2D eigenvalue weighted by atomic mass is 10.1. The maximum Gasteiger partial charge on any atom is 0.141 e. The number of ether oxygens (including phenoxy) is 1. The van der Waals surface area contributed by atoms with Crippen molar-refractivity contribution in [3.63, 3.8) is 0 Å². The summed E-state index contributed by atoms with van der Waals surface area (Å²) in [6.45, 7) is 7.95. The van der Waals surface area contributed by atoms with Gasteiger partial charge in [0.1, 0.15) is 12.2 Å². The van der Waals surface area contributed by atoms with E-state index in [1.54, 1.807) is 6.33 Å². The molecule has 0 radical (unpaired) electrons. The second-order valence-electron chi connectivity index (χ2n) is 4.57. The first-order valence-electron chi connectivity index (χ1n) is 5.92. The van der Waals surface area contributed by atoms with Gasteiger partial charge in [-0.2, -0.15) is 5.10 Å². The second kappa shape index (κ2) is 4.93. The Morgan fingerprint density at radius 2 is 2.44 bits per heavy atom. The summed E-state index contributed by atoms with van der Waals surface area (Å²) in [4.78, 5) is 4.27. The third kappa shape index (κ3) is 2.41. The van der Waals surface area contributed by atoms with E-state index in [1.165, 1.54) is 0 Å². The SMILES string of the molecule is CC1OCCC1NCc1ncnn1C(C)C. The van der Waals surface area contributed by atoms with Crippen LogP contribution in [0.5, 0.6) is 0 Å². The van der Waals surface area contributed by atoms with Crippen LogP contribution in [0.1, 0.15) is 39.1 Å². The van der Waals surface area contributed by atoms with Crippen LogP contribution in [0.2, 0.25) is 0 Å². The van der Waals surface area contributed by atoms with E-state index >= 15 is 0 Å². The van der Waals surface area contributed by atoms with Crippen LogP contribution in [0.25, 0.3) is 0 Å². The molecule has 2 rings (SSSR count). The highest BCUT2D eigenvalue weighted by Crippen LogP contribution is 2.13. The normalized spacial score (nSPS) is 25.5. The molecule has 5 heteroatoms. The molecule has 0 aromatic carbocycles. The van der Waals surface area contributed by atoms with Gasteiger partial charge in [0.2, 0.25) is 0 Å². The molecular weight excluding hydrogens is 204 g/mol. The molecule has 0 bridgehead atoms. The summed E-state index contributed by atoms with van der Waals surface area (Å²) < 4.78 is 7.46. The van der Waals surface area contributed by atoms with E-state index < -0.39 is 0 Å². The van der Waals surface area contributed by atoms with Crippen molar-refractivity contribution < 1.29 is 4.74 Å². The average molecular weight is 224 g/mol. The average Bonchev–Trinajstić information content (AvgIpc) is 2.83. The van der Waals surface area contributed by atoms with E-state index in [-0.39, 0.29) is 0 Å². The standard InChI is InChI=1S/C11H20N4O/c1-8(2)15-11(13-7-14-15)6-12-10-4-5-16-9(10)3/h7-10,12H,4-6H2,1-3H3. The summed E-state index contributed by atoms with van der Waals surface area (Å²) in [5, 5.41) is 7.69. The molecule has 1 aliphatic heterocycles. The molecule has 1 fully saturated rings. The molecular formula is C11H20N4O. The van der Waals surface area contributed by atoms with E-state index in [9.17, 15) is 0 Å². The summed E-state index contributed by atoms with van der Waals surface area (Å²) in [7, 11) is 0. The number of hydrogen-bond donors (Lipinski definition) is 1. The summed E-state index contributed by atoms with van der Waals surface area (Å²) in [5.41, 5.74) is 0. The first kappa shape index (κ1) is 11.5. The minimum absolute atomic E-state index is 0.301. The zero-order valence-corrected chi connectivity index (χ0v) is 10.2. The van der Waals surface area contributed by atoms with Crippen LogP contribution in [0.3, 0.4) is 0 Å². The molecule has 1 aromatic heterocycles. The van der Waals surface area contributed by atoms with Gasteiger partial charge in [-0.15, -0.1) is 0 Å². The quantitative estimate of drug-likeness (QED) is 0.833. The van der Waals surface area contributed by atoms with Gasteiger partial charge in [0.05, 0.1) is 12.6 Å². The molecule has 1 saturated heterocycles. The number of nitrogens with one attached hydrogen (secondary N) is 1. The molecule has 0 spiro atoms. The number of nitrogens with zero attached hydrogens (tertiary/aromatic N) is 3. The van der Waals surface area contributed by atoms with Crippen LogP contribution in [0, 0.1) is 0 Å². The Hall–Kier alpha value is -0.940. The maximum atomic E-state index is 5.51. The monoisotopic (exact) mass is 224 g/mol. The fourth-order valence-corrected chi connectivity index (χ4v) is 2.05. The lowest BCUT2D eigenvalue weighted by molar-refractivity contribution is 0.112. The minimum Gasteiger partial charge on any atom is -0.377 e. The van der Waals surface area contributed by atoms with Crippen molar-refractivity contribution in [2.75, 3.05) is 6.61 Å².